The molecule has 0 aliphatic carbocycles. The molecule has 146 valence electrons. The Hall–Kier alpha value is -2.84. The molecule has 0 fully saturated rings. The van der Waals surface area contributed by atoms with Gasteiger partial charge in [-0.1, -0.05) is 43.3 Å². The van der Waals surface area contributed by atoms with Crippen LogP contribution in [-0.4, -0.2) is 30.8 Å². The molecule has 28 heavy (non-hydrogen) atoms. The molecule has 1 heterocycles. The maximum absolute atomic E-state index is 11.1. The number of hydrogen-bond acceptors (Lipinski definition) is 4. The van der Waals surface area contributed by atoms with E-state index in [0.29, 0.717) is 25.2 Å². The standard InChI is InChI=1S/C23H26N2O3/c1-17(23(26)27)12-19-13-20-8-10-25(22(20)21(14-19)15-24)9-5-11-28-16-18-6-3-2-4-7-18/h2-4,6-7,13-14,17H,5,8-12,16H2,1H3,(H,26,27). The van der Waals surface area contributed by atoms with Crippen LogP contribution in [0.4, 0.5) is 5.69 Å². The van der Waals surface area contributed by atoms with E-state index >= 15 is 0 Å². The molecule has 0 saturated carbocycles. The highest BCUT2D eigenvalue weighted by atomic mass is 16.5. The van der Waals surface area contributed by atoms with Crippen molar-refractivity contribution >= 4 is 11.7 Å². The highest BCUT2D eigenvalue weighted by Gasteiger charge is 2.24. The number of carboxylic acid groups (broad SMARTS) is 1. The third-order valence-corrected chi connectivity index (χ3v) is 5.13. The molecule has 2 aromatic carbocycles. The highest BCUT2D eigenvalue weighted by molar-refractivity contribution is 5.71. The van der Waals surface area contributed by atoms with Crippen LogP contribution in [0.5, 0.6) is 0 Å². The average Bonchev–Trinajstić information content (AvgIpc) is 3.10. The summed E-state index contributed by atoms with van der Waals surface area (Å²) in [4.78, 5) is 13.4. The molecule has 1 N–H and O–H groups in total. The number of anilines is 1. The quantitative estimate of drug-likeness (QED) is 0.672. The molecule has 0 amide bonds. The molecule has 0 saturated heterocycles. The molecule has 3 rings (SSSR count). The van der Waals surface area contributed by atoms with E-state index in [2.05, 4.69) is 29.2 Å². The molecule has 1 unspecified atom stereocenters. The smallest absolute Gasteiger partial charge is 0.306 e. The average molecular weight is 378 g/mol. The summed E-state index contributed by atoms with van der Waals surface area (Å²) in [6, 6.07) is 16.3. The summed E-state index contributed by atoms with van der Waals surface area (Å²) < 4.78 is 5.76. The van der Waals surface area contributed by atoms with Gasteiger partial charge in [-0.3, -0.25) is 4.79 Å². The van der Waals surface area contributed by atoms with Crippen molar-refractivity contribution < 1.29 is 14.6 Å². The molecule has 1 aliphatic heterocycles. The Bertz CT molecular complexity index is 858. The number of ether oxygens (including phenoxy) is 1. The maximum atomic E-state index is 11.1. The third-order valence-electron chi connectivity index (χ3n) is 5.13. The van der Waals surface area contributed by atoms with Crippen LogP contribution in [0.25, 0.3) is 0 Å². The van der Waals surface area contributed by atoms with Crippen LogP contribution in [0.1, 0.15) is 35.6 Å². The van der Waals surface area contributed by atoms with E-state index in [9.17, 15) is 10.1 Å². The fraction of sp³-hybridized carbons (Fsp3) is 0.391. The first-order valence-electron chi connectivity index (χ1n) is 9.74. The van der Waals surface area contributed by atoms with E-state index in [-0.39, 0.29) is 0 Å². The van der Waals surface area contributed by atoms with Crippen molar-refractivity contribution in [3.8, 4) is 6.07 Å². The largest absolute Gasteiger partial charge is 0.481 e. The lowest BCUT2D eigenvalue weighted by molar-refractivity contribution is -0.141. The Morgan fingerprint density at radius 3 is 2.79 bits per heavy atom. The van der Waals surface area contributed by atoms with Gasteiger partial charge in [0.1, 0.15) is 6.07 Å². The monoisotopic (exact) mass is 378 g/mol. The number of nitriles is 1. The van der Waals surface area contributed by atoms with Crippen molar-refractivity contribution in [1.29, 1.82) is 5.26 Å². The van der Waals surface area contributed by atoms with E-state index in [1.165, 1.54) is 5.56 Å². The normalized spacial score (nSPS) is 13.8. The first-order valence-corrected chi connectivity index (χ1v) is 9.74. The summed E-state index contributed by atoms with van der Waals surface area (Å²) in [5, 5.41) is 18.7. The second-order valence-electron chi connectivity index (χ2n) is 7.34. The summed E-state index contributed by atoms with van der Waals surface area (Å²) in [5.74, 6) is -1.26. The Labute approximate surface area is 166 Å². The summed E-state index contributed by atoms with van der Waals surface area (Å²) in [7, 11) is 0. The molecule has 0 bridgehead atoms. The number of fused-ring (bicyclic) bond motifs is 1. The summed E-state index contributed by atoms with van der Waals surface area (Å²) in [5.41, 5.74) is 4.91. The van der Waals surface area contributed by atoms with E-state index in [0.717, 1.165) is 42.7 Å². The van der Waals surface area contributed by atoms with E-state index in [1.807, 2.05) is 24.3 Å². The minimum absolute atomic E-state index is 0.449. The van der Waals surface area contributed by atoms with Gasteiger partial charge in [0.15, 0.2) is 0 Å². The van der Waals surface area contributed by atoms with Crippen molar-refractivity contribution in [1.82, 2.24) is 0 Å². The summed E-state index contributed by atoms with van der Waals surface area (Å²) in [6.07, 6.45) is 2.24. The van der Waals surface area contributed by atoms with Crippen molar-refractivity contribution in [3.05, 3.63) is 64.7 Å². The number of hydrogen-bond donors (Lipinski definition) is 1. The van der Waals surface area contributed by atoms with Crippen molar-refractivity contribution in [3.63, 3.8) is 0 Å². The van der Waals surface area contributed by atoms with Crippen LogP contribution >= 0.6 is 0 Å². The zero-order valence-electron chi connectivity index (χ0n) is 16.2. The lowest BCUT2D eigenvalue weighted by atomic mass is 9.96. The Morgan fingerprint density at radius 1 is 1.29 bits per heavy atom. The summed E-state index contributed by atoms with van der Waals surface area (Å²) in [6.45, 7) is 4.73. The van der Waals surface area contributed by atoms with Crippen LogP contribution < -0.4 is 4.90 Å². The minimum Gasteiger partial charge on any atom is -0.481 e. The van der Waals surface area contributed by atoms with Crippen molar-refractivity contribution in [2.75, 3.05) is 24.6 Å². The molecule has 2 aromatic rings. The predicted octanol–water partition coefficient (Wildman–Crippen LogP) is 3.79. The van der Waals surface area contributed by atoms with Crippen LogP contribution in [0.15, 0.2) is 42.5 Å². The van der Waals surface area contributed by atoms with Crippen LogP contribution in [0, 0.1) is 17.2 Å². The SMILES string of the molecule is CC(Cc1cc(C#N)c2c(c1)CCN2CCCOCc1ccccc1)C(=O)O. The lowest BCUT2D eigenvalue weighted by Gasteiger charge is -2.21. The van der Waals surface area contributed by atoms with Gasteiger partial charge < -0.3 is 14.7 Å². The molecular formula is C23H26N2O3. The van der Waals surface area contributed by atoms with Crippen molar-refractivity contribution in [2.24, 2.45) is 5.92 Å². The molecule has 1 aliphatic rings. The van der Waals surface area contributed by atoms with Gasteiger partial charge in [0, 0.05) is 19.7 Å². The van der Waals surface area contributed by atoms with Crippen LogP contribution in [0.2, 0.25) is 0 Å². The van der Waals surface area contributed by atoms with E-state index in [4.69, 9.17) is 9.84 Å². The van der Waals surface area contributed by atoms with Crippen LogP contribution in [-0.2, 0) is 29.0 Å². The number of carbonyl (C=O) groups is 1. The zero-order valence-corrected chi connectivity index (χ0v) is 16.2. The molecule has 0 aromatic heterocycles. The second kappa shape index (κ2) is 9.38. The fourth-order valence-electron chi connectivity index (χ4n) is 3.68. The zero-order chi connectivity index (χ0) is 19.9. The van der Waals surface area contributed by atoms with Gasteiger partial charge in [0.05, 0.1) is 23.8 Å². The van der Waals surface area contributed by atoms with Gasteiger partial charge in [0.25, 0.3) is 0 Å². The van der Waals surface area contributed by atoms with Gasteiger partial charge >= 0.3 is 5.97 Å². The molecule has 5 heteroatoms. The van der Waals surface area contributed by atoms with E-state index in [1.54, 1.807) is 6.92 Å². The topological polar surface area (TPSA) is 73.6 Å². The Kier molecular flexibility index (Phi) is 6.67. The number of benzene rings is 2. The van der Waals surface area contributed by atoms with Gasteiger partial charge in [-0.15, -0.1) is 0 Å². The number of carboxylic acids is 1. The molecule has 5 nitrogen and oxygen atoms in total. The van der Waals surface area contributed by atoms with Gasteiger partial charge in [0.2, 0.25) is 0 Å². The fourth-order valence-corrected chi connectivity index (χ4v) is 3.68. The Balaban J connectivity index is 1.57. The Morgan fingerprint density at radius 2 is 2.07 bits per heavy atom. The van der Waals surface area contributed by atoms with Gasteiger partial charge in [-0.25, -0.2) is 0 Å². The van der Waals surface area contributed by atoms with Crippen molar-refractivity contribution in [2.45, 2.75) is 32.8 Å². The molecule has 0 radical (unpaired) electrons. The lowest BCUT2D eigenvalue weighted by Crippen LogP contribution is -2.23. The minimum atomic E-state index is -0.809. The number of nitrogens with zero attached hydrogens (tertiary/aromatic N) is 2. The first kappa shape index (κ1) is 19.9. The second-order valence-corrected chi connectivity index (χ2v) is 7.34. The number of rotatable bonds is 9. The maximum Gasteiger partial charge on any atom is 0.306 e. The number of aliphatic carboxylic acids is 1. The third kappa shape index (κ3) is 4.90. The molecule has 0 spiro atoms. The molecular weight excluding hydrogens is 352 g/mol. The predicted molar refractivity (Wildman–Crippen MR) is 108 cm³/mol. The van der Waals surface area contributed by atoms with Crippen LogP contribution in [0.3, 0.4) is 0 Å². The van der Waals surface area contributed by atoms with E-state index < -0.39 is 11.9 Å². The van der Waals surface area contributed by atoms with Gasteiger partial charge in [-0.05, 0) is 42.0 Å². The first-order chi connectivity index (χ1) is 13.6. The molecule has 1 atom stereocenters. The van der Waals surface area contributed by atoms with Gasteiger partial charge in [-0.2, -0.15) is 5.26 Å². The summed E-state index contributed by atoms with van der Waals surface area (Å²) >= 11 is 0. The highest BCUT2D eigenvalue weighted by Crippen LogP contribution is 2.33.